The Morgan fingerprint density at radius 1 is 1.00 bits per heavy atom. The van der Waals surface area contributed by atoms with Crippen molar-refractivity contribution < 1.29 is 19.1 Å². The van der Waals surface area contributed by atoms with E-state index >= 15 is 0 Å². The van der Waals surface area contributed by atoms with Gasteiger partial charge in [0, 0.05) is 6.54 Å². The number of methoxy groups -OCH3 is 1. The molecule has 2 aromatic carbocycles. The molecule has 7 heteroatoms. The molecule has 0 bridgehead atoms. The molecule has 26 heavy (non-hydrogen) atoms. The predicted octanol–water partition coefficient (Wildman–Crippen LogP) is 1.63. The first-order valence-corrected chi connectivity index (χ1v) is 7.89. The van der Waals surface area contributed by atoms with E-state index in [1.54, 1.807) is 24.3 Å². The fourth-order valence-electron chi connectivity index (χ4n) is 2.05. The second-order valence-corrected chi connectivity index (χ2v) is 5.35. The van der Waals surface area contributed by atoms with Crippen molar-refractivity contribution in [3.63, 3.8) is 0 Å². The third-order valence-corrected chi connectivity index (χ3v) is 3.39. The van der Waals surface area contributed by atoms with Crippen LogP contribution in [0.2, 0.25) is 0 Å². The van der Waals surface area contributed by atoms with Gasteiger partial charge in [0.05, 0.1) is 18.9 Å². The molecule has 0 aliphatic carbocycles. The van der Waals surface area contributed by atoms with Crippen LogP contribution < -0.4 is 10.7 Å². The van der Waals surface area contributed by atoms with E-state index < -0.39 is 11.9 Å². The number of nitrogens with one attached hydrogen (secondary N) is 2. The minimum Gasteiger partial charge on any atom is -0.465 e. The fraction of sp³-hybridized carbons (Fsp3) is 0.158. The molecule has 0 radical (unpaired) electrons. The zero-order valence-corrected chi connectivity index (χ0v) is 14.3. The summed E-state index contributed by atoms with van der Waals surface area (Å²) < 4.78 is 4.61. The zero-order chi connectivity index (χ0) is 18.8. The van der Waals surface area contributed by atoms with E-state index in [0.29, 0.717) is 17.7 Å². The second-order valence-electron chi connectivity index (χ2n) is 5.35. The van der Waals surface area contributed by atoms with Crippen LogP contribution in [0, 0.1) is 0 Å². The summed E-state index contributed by atoms with van der Waals surface area (Å²) >= 11 is 0. The van der Waals surface area contributed by atoms with Crippen LogP contribution in [0.5, 0.6) is 0 Å². The van der Waals surface area contributed by atoms with Gasteiger partial charge < -0.3 is 10.1 Å². The van der Waals surface area contributed by atoms with Gasteiger partial charge in [-0.05, 0) is 23.3 Å². The molecule has 0 aliphatic rings. The minimum atomic E-state index is -0.516. The predicted molar refractivity (Wildman–Crippen MR) is 96.4 cm³/mol. The number of benzene rings is 2. The van der Waals surface area contributed by atoms with Gasteiger partial charge in [-0.2, -0.15) is 5.10 Å². The average Bonchev–Trinajstić information content (AvgIpc) is 2.67. The number of rotatable bonds is 7. The Balaban J connectivity index is 1.74. The maximum absolute atomic E-state index is 11.7. The molecule has 134 valence electrons. The van der Waals surface area contributed by atoms with Crippen molar-refractivity contribution in [3.05, 3.63) is 71.3 Å². The maximum atomic E-state index is 11.7. The van der Waals surface area contributed by atoms with Crippen LogP contribution in [0.1, 0.15) is 27.9 Å². The Bertz CT molecular complexity index is 786. The normalized spacial score (nSPS) is 10.3. The Morgan fingerprint density at radius 2 is 1.69 bits per heavy atom. The number of hydrazone groups is 1. The van der Waals surface area contributed by atoms with Crippen LogP contribution in [0.3, 0.4) is 0 Å². The average molecular weight is 353 g/mol. The van der Waals surface area contributed by atoms with E-state index in [0.717, 1.165) is 5.56 Å². The fourth-order valence-corrected chi connectivity index (χ4v) is 2.05. The molecule has 0 unspecified atom stereocenters. The Morgan fingerprint density at radius 3 is 2.35 bits per heavy atom. The highest BCUT2D eigenvalue weighted by Gasteiger charge is 2.08. The van der Waals surface area contributed by atoms with Crippen molar-refractivity contribution in [2.45, 2.75) is 13.0 Å². The van der Waals surface area contributed by atoms with Crippen LogP contribution in [-0.4, -0.2) is 31.1 Å². The van der Waals surface area contributed by atoms with Gasteiger partial charge in [-0.3, -0.25) is 9.59 Å². The number of hydrogen-bond donors (Lipinski definition) is 2. The number of amides is 2. The quantitative estimate of drug-likeness (QED) is 0.342. The smallest absolute Gasteiger partial charge is 0.337 e. The summed E-state index contributed by atoms with van der Waals surface area (Å²) in [7, 11) is 1.31. The Kier molecular flexibility index (Phi) is 7.05. The number of hydrogen-bond acceptors (Lipinski definition) is 5. The summed E-state index contributed by atoms with van der Waals surface area (Å²) in [5, 5.41) is 6.45. The van der Waals surface area contributed by atoms with Crippen molar-refractivity contribution in [1.82, 2.24) is 10.7 Å². The molecular weight excluding hydrogens is 334 g/mol. The highest BCUT2D eigenvalue weighted by atomic mass is 16.5. The van der Waals surface area contributed by atoms with Crippen molar-refractivity contribution >= 4 is 24.0 Å². The van der Waals surface area contributed by atoms with Gasteiger partial charge in [0.25, 0.3) is 0 Å². The molecule has 0 fully saturated rings. The molecule has 2 aromatic rings. The van der Waals surface area contributed by atoms with Crippen molar-refractivity contribution in [2.75, 3.05) is 7.11 Å². The summed E-state index contributed by atoms with van der Waals surface area (Å²) in [6.45, 7) is 0.364. The summed E-state index contributed by atoms with van der Waals surface area (Å²) in [6.07, 6.45) is 1.10. The second kappa shape index (κ2) is 9.73. The van der Waals surface area contributed by atoms with Crippen LogP contribution in [-0.2, 0) is 20.9 Å². The molecule has 0 saturated carbocycles. The lowest BCUT2D eigenvalue weighted by Crippen LogP contribution is -2.29. The van der Waals surface area contributed by atoms with Gasteiger partial charge in [-0.25, -0.2) is 10.2 Å². The Hall–Kier alpha value is -3.48. The van der Waals surface area contributed by atoms with Gasteiger partial charge in [0.1, 0.15) is 6.42 Å². The molecule has 0 atom stereocenters. The third-order valence-electron chi connectivity index (χ3n) is 3.39. The maximum Gasteiger partial charge on any atom is 0.337 e. The Labute approximate surface area is 151 Å². The van der Waals surface area contributed by atoms with E-state index in [1.165, 1.54) is 13.3 Å². The van der Waals surface area contributed by atoms with Gasteiger partial charge >= 0.3 is 5.97 Å². The van der Waals surface area contributed by atoms with E-state index in [2.05, 4.69) is 20.6 Å². The number of esters is 1. The van der Waals surface area contributed by atoms with Crippen LogP contribution >= 0.6 is 0 Å². The summed E-state index contributed by atoms with van der Waals surface area (Å²) in [5.74, 6) is -1.33. The number of nitrogens with zero attached hydrogens (tertiary/aromatic N) is 1. The molecule has 0 spiro atoms. The molecule has 0 saturated heterocycles. The summed E-state index contributed by atoms with van der Waals surface area (Å²) in [5.41, 5.74) is 4.35. The molecule has 0 aliphatic heterocycles. The highest BCUT2D eigenvalue weighted by molar-refractivity contribution is 5.97. The van der Waals surface area contributed by atoms with Gasteiger partial charge in [-0.1, -0.05) is 42.5 Å². The molecule has 0 aromatic heterocycles. The topological polar surface area (TPSA) is 96.9 Å². The van der Waals surface area contributed by atoms with Crippen LogP contribution in [0.25, 0.3) is 0 Å². The molecule has 2 rings (SSSR count). The van der Waals surface area contributed by atoms with Crippen LogP contribution in [0.4, 0.5) is 0 Å². The highest BCUT2D eigenvalue weighted by Crippen LogP contribution is 2.03. The van der Waals surface area contributed by atoms with E-state index in [9.17, 15) is 14.4 Å². The van der Waals surface area contributed by atoms with Crippen molar-refractivity contribution in [3.8, 4) is 0 Å². The number of carbonyl (C=O) groups is 3. The number of carbonyl (C=O) groups excluding carboxylic acids is 3. The van der Waals surface area contributed by atoms with E-state index in [-0.39, 0.29) is 12.3 Å². The zero-order valence-electron chi connectivity index (χ0n) is 14.3. The molecule has 2 amide bonds. The largest absolute Gasteiger partial charge is 0.465 e. The van der Waals surface area contributed by atoms with E-state index in [4.69, 9.17) is 0 Å². The standard InChI is InChI=1S/C19H19N3O4/c1-26-19(25)16-9-7-15(8-10-16)13-21-22-18(24)11-17(23)20-12-14-5-3-2-4-6-14/h2-10,13H,11-12H2,1H3,(H,20,23)(H,22,24)/b21-13+. The van der Waals surface area contributed by atoms with Gasteiger partial charge in [-0.15, -0.1) is 0 Å². The van der Waals surface area contributed by atoms with Crippen molar-refractivity contribution in [1.29, 1.82) is 0 Å². The van der Waals surface area contributed by atoms with Gasteiger partial charge in [0.2, 0.25) is 11.8 Å². The molecular formula is C19H19N3O4. The molecule has 0 heterocycles. The lowest BCUT2D eigenvalue weighted by molar-refractivity contribution is -0.129. The summed E-state index contributed by atoms with van der Waals surface area (Å²) in [4.78, 5) is 34.7. The lowest BCUT2D eigenvalue weighted by atomic mass is 10.1. The van der Waals surface area contributed by atoms with Crippen molar-refractivity contribution in [2.24, 2.45) is 5.10 Å². The minimum absolute atomic E-state index is 0.314. The first-order chi connectivity index (χ1) is 12.6. The third kappa shape index (κ3) is 6.20. The van der Waals surface area contributed by atoms with E-state index in [1.807, 2.05) is 30.3 Å². The van der Waals surface area contributed by atoms with Crippen LogP contribution in [0.15, 0.2) is 59.7 Å². The first-order valence-electron chi connectivity index (χ1n) is 7.89. The van der Waals surface area contributed by atoms with Gasteiger partial charge in [0.15, 0.2) is 0 Å². The SMILES string of the molecule is COC(=O)c1ccc(/C=N/NC(=O)CC(=O)NCc2ccccc2)cc1. The lowest BCUT2D eigenvalue weighted by Gasteiger charge is -2.04. The first kappa shape index (κ1) is 18.9. The molecule has 7 nitrogen and oxygen atoms in total. The summed E-state index contributed by atoms with van der Waals surface area (Å²) in [6, 6.07) is 15.9. The number of ether oxygens (including phenoxy) is 1. The molecule has 2 N–H and O–H groups in total. The monoisotopic (exact) mass is 353 g/mol.